The van der Waals surface area contributed by atoms with Crippen LogP contribution in [0.4, 0.5) is 0 Å². The van der Waals surface area contributed by atoms with E-state index in [1.165, 1.54) is 44.9 Å². The van der Waals surface area contributed by atoms with E-state index in [4.69, 9.17) is 21.1 Å². The molecule has 0 bridgehead atoms. The zero-order valence-corrected chi connectivity index (χ0v) is 12.6. The zero-order valence-electron chi connectivity index (χ0n) is 11.8. The van der Waals surface area contributed by atoms with Gasteiger partial charge in [-0.3, -0.25) is 0 Å². The van der Waals surface area contributed by atoms with Crippen LogP contribution in [0.15, 0.2) is 12.2 Å². The van der Waals surface area contributed by atoms with Gasteiger partial charge in [-0.2, -0.15) is 0 Å². The van der Waals surface area contributed by atoms with Crippen LogP contribution in [0.1, 0.15) is 58.3 Å². The fraction of sp³-hybridized carbons (Fsp3) is 0.867. The maximum Gasteiger partial charge on any atom is 0.146 e. The van der Waals surface area contributed by atoms with E-state index in [1.807, 2.05) is 6.92 Å². The van der Waals surface area contributed by atoms with Gasteiger partial charge in [-0.05, 0) is 32.6 Å². The topological polar surface area (TPSA) is 18.5 Å². The predicted molar refractivity (Wildman–Crippen MR) is 79.2 cm³/mol. The van der Waals surface area contributed by atoms with Gasteiger partial charge >= 0.3 is 0 Å². The molecule has 0 atom stereocenters. The molecule has 0 aliphatic carbocycles. The molecule has 0 radical (unpaired) electrons. The average Bonchev–Trinajstić information content (AvgIpc) is 2.39. The van der Waals surface area contributed by atoms with Gasteiger partial charge in [-0.25, -0.2) is 0 Å². The molecule has 0 N–H and O–H groups in total. The number of hydrogen-bond donors (Lipinski definition) is 0. The Morgan fingerprint density at radius 2 is 1.50 bits per heavy atom. The van der Waals surface area contributed by atoms with Crippen LogP contribution >= 0.6 is 11.6 Å². The van der Waals surface area contributed by atoms with Crippen LogP contribution in [0.5, 0.6) is 0 Å². The van der Waals surface area contributed by atoms with E-state index < -0.39 is 0 Å². The number of allylic oxidation sites excluding steroid dienone is 1. The van der Waals surface area contributed by atoms with Crippen molar-refractivity contribution in [2.75, 3.05) is 25.9 Å². The summed E-state index contributed by atoms with van der Waals surface area (Å²) in [6.07, 6.45) is 14.4. The summed E-state index contributed by atoms with van der Waals surface area (Å²) in [5.74, 6) is 0.814. The molecule has 0 amide bonds. The summed E-state index contributed by atoms with van der Waals surface area (Å²) >= 11 is 5.63. The summed E-state index contributed by atoms with van der Waals surface area (Å²) in [7, 11) is 0. The zero-order chi connectivity index (χ0) is 13.3. The second-order valence-electron chi connectivity index (χ2n) is 4.38. The van der Waals surface area contributed by atoms with Crippen LogP contribution in [0, 0.1) is 0 Å². The number of unbranched alkanes of at least 4 members (excludes halogenated alkanes) is 6. The van der Waals surface area contributed by atoms with Crippen molar-refractivity contribution >= 4 is 11.6 Å². The highest BCUT2D eigenvalue weighted by atomic mass is 35.5. The van der Waals surface area contributed by atoms with Crippen LogP contribution in [0.25, 0.3) is 0 Å². The molecule has 18 heavy (non-hydrogen) atoms. The van der Waals surface area contributed by atoms with E-state index in [9.17, 15) is 0 Å². The molecular weight excluding hydrogens is 248 g/mol. The number of halogens is 1. The lowest BCUT2D eigenvalue weighted by Gasteiger charge is -2.01. The van der Waals surface area contributed by atoms with Crippen LogP contribution < -0.4 is 0 Å². The van der Waals surface area contributed by atoms with Crippen LogP contribution in [-0.2, 0) is 9.47 Å². The first-order valence-corrected chi connectivity index (χ1v) is 7.81. The Morgan fingerprint density at radius 1 is 0.833 bits per heavy atom. The van der Waals surface area contributed by atoms with Crippen molar-refractivity contribution in [3.63, 3.8) is 0 Å². The Balaban J connectivity index is 3.00. The standard InChI is InChI=1S/C15H29ClO2/c1-2-17-15-18-14-12-10-8-6-4-3-5-7-9-11-13-16/h8,10H,2-7,9,11-15H2,1H3. The molecule has 108 valence electrons. The van der Waals surface area contributed by atoms with Gasteiger partial charge in [-0.1, -0.05) is 37.8 Å². The van der Waals surface area contributed by atoms with Gasteiger partial charge in [0.1, 0.15) is 6.79 Å². The molecule has 2 nitrogen and oxygen atoms in total. The minimum Gasteiger partial charge on any atom is -0.356 e. The van der Waals surface area contributed by atoms with Crippen LogP contribution in [0.2, 0.25) is 0 Å². The quantitative estimate of drug-likeness (QED) is 0.194. The number of alkyl halides is 1. The molecule has 0 unspecified atom stereocenters. The third-order valence-corrected chi connectivity index (χ3v) is 2.99. The predicted octanol–water partition coefficient (Wildman–Crippen LogP) is 4.91. The maximum absolute atomic E-state index is 5.63. The summed E-state index contributed by atoms with van der Waals surface area (Å²) in [4.78, 5) is 0. The van der Waals surface area contributed by atoms with Crippen molar-refractivity contribution in [1.82, 2.24) is 0 Å². The Kier molecular flexibility index (Phi) is 16.9. The molecule has 3 heteroatoms. The molecule has 0 aromatic carbocycles. The fourth-order valence-corrected chi connectivity index (χ4v) is 1.84. The molecule has 0 aromatic rings. The summed E-state index contributed by atoms with van der Waals surface area (Å²) in [5, 5.41) is 0. The first-order chi connectivity index (χ1) is 8.91. The van der Waals surface area contributed by atoms with Gasteiger partial charge in [-0.15, -0.1) is 11.6 Å². The van der Waals surface area contributed by atoms with Crippen molar-refractivity contribution in [3.8, 4) is 0 Å². The molecule has 0 saturated heterocycles. The van der Waals surface area contributed by atoms with E-state index in [0.717, 1.165) is 25.5 Å². The van der Waals surface area contributed by atoms with E-state index in [2.05, 4.69) is 12.2 Å². The lowest BCUT2D eigenvalue weighted by atomic mass is 10.1. The Labute approximate surface area is 118 Å². The van der Waals surface area contributed by atoms with Gasteiger partial charge in [0.2, 0.25) is 0 Å². The minimum absolute atomic E-state index is 0.423. The molecule has 0 spiro atoms. The molecule has 0 heterocycles. The van der Waals surface area contributed by atoms with Crippen molar-refractivity contribution in [1.29, 1.82) is 0 Å². The largest absolute Gasteiger partial charge is 0.356 e. The Morgan fingerprint density at radius 3 is 2.22 bits per heavy atom. The smallest absolute Gasteiger partial charge is 0.146 e. The van der Waals surface area contributed by atoms with Crippen LogP contribution in [0.3, 0.4) is 0 Å². The molecule has 0 aliphatic heterocycles. The van der Waals surface area contributed by atoms with Gasteiger partial charge in [0.05, 0.1) is 6.61 Å². The van der Waals surface area contributed by atoms with Crippen molar-refractivity contribution < 1.29 is 9.47 Å². The molecule has 0 saturated carbocycles. The van der Waals surface area contributed by atoms with Gasteiger partial charge < -0.3 is 9.47 Å². The highest BCUT2D eigenvalue weighted by Gasteiger charge is 1.90. The van der Waals surface area contributed by atoms with Crippen molar-refractivity contribution in [2.45, 2.75) is 58.3 Å². The fourth-order valence-electron chi connectivity index (χ4n) is 1.65. The number of hydrogen-bond acceptors (Lipinski definition) is 2. The van der Waals surface area contributed by atoms with E-state index in [0.29, 0.717) is 6.79 Å². The van der Waals surface area contributed by atoms with Gasteiger partial charge in [0.25, 0.3) is 0 Å². The highest BCUT2D eigenvalue weighted by Crippen LogP contribution is 2.08. The Bertz CT molecular complexity index is 172. The molecule has 0 fully saturated rings. The van der Waals surface area contributed by atoms with Gasteiger partial charge in [0, 0.05) is 12.5 Å². The maximum atomic E-state index is 5.63. The van der Waals surface area contributed by atoms with E-state index in [-0.39, 0.29) is 0 Å². The normalized spacial score (nSPS) is 11.4. The molecule has 0 rings (SSSR count). The number of ether oxygens (including phenoxy) is 2. The summed E-state index contributed by atoms with van der Waals surface area (Å²) in [6.45, 7) is 3.88. The lowest BCUT2D eigenvalue weighted by molar-refractivity contribution is -0.0476. The van der Waals surface area contributed by atoms with Crippen LogP contribution in [-0.4, -0.2) is 25.9 Å². The lowest BCUT2D eigenvalue weighted by Crippen LogP contribution is -1.99. The number of rotatable bonds is 14. The summed E-state index contributed by atoms with van der Waals surface area (Å²) in [6, 6.07) is 0. The second kappa shape index (κ2) is 16.9. The summed E-state index contributed by atoms with van der Waals surface area (Å²) in [5.41, 5.74) is 0. The van der Waals surface area contributed by atoms with Gasteiger partial charge in [0.15, 0.2) is 0 Å². The van der Waals surface area contributed by atoms with E-state index in [1.54, 1.807) is 0 Å². The summed E-state index contributed by atoms with van der Waals surface area (Å²) < 4.78 is 10.4. The first kappa shape index (κ1) is 17.9. The first-order valence-electron chi connectivity index (χ1n) is 7.28. The minimum atomic E-state index is 0.423. The average molecular weight is 277 g/mol. The molecule has 0 aromatic heterocycles. The second-order valence-corrected chi connectivity index (χ2v) is 4.76. The molecule has 0 aliphatic rings. The molecular formula is C15H29ClO2. The Hall–Kier alpha value is -0.0500. The third-order valence-electron chi connectivity index (χ3n) is 2.72. The SMILES string of the molecule is CCOCOCCC=CCCCCCCCCCl. The van der Waals surface area contributed by atoms with E-state index >= 15 is 0 Å². The van der Waals surface area contributed by atoms with Crippen molar-refractivity contribution in [2.24, 2.45) is 0 Å². The highest BCUT2D eigenvalue weighted by molar-refractivity contribution is 6.17. The van der Waals surface area contributed by atoms with Crippen molar-refractivity contribution in [3.05, 3.63) is 12.2 Å². The monoisotopic (exact) mass is 276 g/mol. The third kappa shape index (κ3) is 16.0.